The first-order chi connectivity index (χ1) is 12.2. The minimum atomic E-state index is -0.174. The van der Waals surface area contributed by atoms with Gasteiger partial charge in [0.15, 0.2) is 0 Å². The molecule has 0 spiro atoms. The number of hydrogen-bond acceptors (Lipinski definition) is 3. The molecule has 0 fully saturated rings. The molecule has 0 aliphatic heterocycles. The number of anilines is 1. The minimum Gasteiger partial charge on any atom is -0.341 e. The molecule has 1 aliphatic carbocycles. The van der Waals surface area contributed by atoms with Gasteiger partial charge in [0.05, 0.1) is 0 Å². The van der Waals surface area contributed by atoms with Crippen molar-refractivity contribution in [1.29, 1.82) is 0 Å². The number of nitrogens with zero attached hydrogens (tertiary/aromatic N) is 3. The van der Waals surface area contributed by atoms with Crippen LogP contribution in [0, 0.1) is 0 Å². The maximum atomic E-state index is 13.3. The molecule has 0 aromatic carbocycles. The Hall–Kier alpha value is -1.97. The summed E-state index contributed by atoms with van der Waals surface area (Å²) in [5, 5.41) is 0. The molecule has 0 saturated carbocycles. The molecular formula is C21H30FN3. The SMILES string of the molecule is CCCCN(CCCC)c1ncc(C(C)C2=CCC=C(F)C=C2)cn1. The molecule has 1 heterocycles. The van der Waals surface area contributed by atoms with Crippen LogP contribution in [-0.2, 0) is 0 Å². The molecule has 1 unspecified atom stereocenters. The summed E-state index contributed by atoms with van der Waals surface area (Å²) in [4.78, 5) is 11.5. The molecule has 25 heavy (non-hydrogen) atoms. The van der Waals surface area contributed by atoms with E-state index in [1.807, 2.05) is 18.5 Å². The third kappa shape index (κ3) is 5.80. The fraction of sp³-hybridized carbons (Fsp3) is 0.524. The fourth-order valence-electron chi connectivity index (χ4n) is 2.86. The summed E-state index contributed by atoms with van der Waals surface area (Å²) < 4.78 is 13.3. The van der Waals surface area contributed by atoms with E-state index in [0.717, 1.165) is 43.0 Å². The Morgan fingerprint density at radius 1 is 1.04 bits per heavy atom. The molecule has 2 rings (SSSR count). The van der Waals surface area contributed by atoms with Crippen molar-refractivity contribution in [3.05, 3.63) is 53.7 Å². The van der Waals surface area contributed by atoms with Crippen molar-refractivity contribution in [3.8, 4) is 0 Å². The summed E-state index contributed by atoms with van der Waals surface area (Å²) in [6.07, 6.45) is 16.1. The van der Waals surface area contributed by atoms with Crippen LogP contribution in [0.25, 0.3) is 0 Å². The van der Waals surface area contributed by atoms with Crippen molar-refractivity contribution in [1.82, 2.24) is 9.97 Å². The van der Waals surface area contributed by atoms with E-state index in [1.54, 1.807) is 6.08 Å². The quantitative estimate of drug-likeness (QED) is 0.573. The first-order valence-corrected chi connectivity index (χ1v) is 9.46. The van der Waals surface area contributed by atoms with Gasteiger partial charge in [0.1, 0.15) is 5.83 Å². The zero-order valence-electron chi connectivity index (χ0n) is 15.7. The lowest BCUT2D eigenvalue weighted by atomic mass is 9.94. The van der Waals surface area contributed by atoms with E-state index in [4.69, 9.17) is 0 Å². The van der Waals surface area contributed by atoms with E-state index in [0.29, 0.717) is 6.42 Å². The molecule has 0 amide bonds. The molecule has 1 atom stereocenters. The van der Waals surface area contributed by atoms with Crippen LogP contribution in [0.4, 0.5) is 10.3 Å². The number of halogens is 1. The van der Waals surface area contributed by atoms with Crippen molar-refractivity contribution < 1.29 is 4.39 Å². The van der Waals surface area contributed by atoms with E-state index >= 15 is 0 Å². The zero-order chi connectivity index (χ0) is 18.1. The third-order valence-corrected chi connectivity index (χ3v) is 4.61. The van der Waals surface area contributed by atoms with Gasteiger partial charge in [-0.2, -0.15) is 0 Å². The van der Waals surface area contributed by atoms with Gasteiger partial charge in [-0.1, -0.05) is 45.8 Å². The largest absolute Gasteiger partial charge is 0.341 e. The summed E-state index contributed by atoms with van der Waals surface area (Å²) >= 11 is 0. The third-order valence-electron chi connectivity index (χ3n) is 4.61. The molecule has 3 nitrogen and oxygen atoms in total. The first kappa shape index (κ1) is 19.4. The number of unbranched alkanes of at least 4 members (excludes halogenated alkanes) is 2. The van der Waals surface area contributed by atoms with Crippen LogP contribution in [0.2, 0.25) is 0 Å². The number of aromatic nitrogens is 2. The summed E-state index contributed by atoms with van der Waals surface area (Å²) in [6.45, 7) is 8.53. The van der Waals surface area contributed by atoms with Gasteiger partial charge in [0.2, 0.25) is 5.95 Å². The van der Waals surface area contributed by atoms with Crippen LogP contribution in [-0.4, -0.2) is 23.1 Å². The van der Waals surface area contributed by atoms with Gasteiger partial charge < -0.3 is 4.90 Å². The van der Waals surface area contributed by atoms with Gasteiger partial charge in [-0.15, -0.1) is 0 Å². The molecule has 0 N–H and O–H groups in total. The topological polar surface area (TPSA) is 29.0 Å². The van der Waals surface area contributed by atoms with E-state index in [2.05, 4.69) is 41.7 Å². The van der Waals surface area contributed by atoms with E-state index < -0.39 is 0 Å². The van der Waals surface area contributed by atoms with Crippen LogP contribution in [0.3, 0.4) is 0 Å². The van der Waals surface area contributed by atoms with E-state index in [1.165, 1.54) is 18.9 Å². The molecule has 4 heteroatoms. The molecule has 1 aliphatic rings. The van der Waals surface area contributed by atoms with Gasteiger partial charge in [-0.3, -0.25) is 0 Å². The molecule has 0 bridgehead atoms. The van der Waals surface area contributed by atoms with Crippen LogP contribution in [0.15, 0.2) is 48.1 Å². The highest BCUT2D eigenvalue weighted by atomic mass is 19.1. The second-order valence-electron chi connectivity index (χ2n) is 6.59. The second-order valence-corrected chi connectivity index (χ2v) is 6.59. The molecule has 1 aromatic heterocycles. The van der Waals surface area contributed by atoms with Crippen molar-refractivity contribution >= 4 is 5.95 Å². The number of rotatable bonds is 9. The van der Waals surface area contributed by atoms with E-state index in [9.17, 15) is 4.39 Å². The monoisotopic (exact) mass is 343 g/mol. The highest BCUT2D eigenvalue weighted by Gasteiger charge is 2.14. The molecule has 0 radical (unpaired) electrons. The minimum absolute atomic E-state index is 0.157. The van der Waals surface area contributed by atoms with Gasteiger partial charge in [0.25, 0.3) is 0 Å². The fourth-order valence-corrected chi connectivity index (χ4v) is 2.86. The van der Waals surface area contributed by atoms with Gasteiger partial charge in [0, 0.05) is 31.4 Å². The Labute approximate surface area is 151 Å². The van der Waals surface area contributed by atoms with Gasteiger partial charge >= 0.3 is 0 Å². The Morgan fingerprint density at radius 3 is 2.28 bits per heavy atom. The Balaban J connectivity index is 2.09. The summed E-state index contributed by atoms with van der Waals surface area (Å²) in [7, 11) is 0. The maximum absolute atomic E-state index is 13.3. The molecular weight excluding hydrogens is 313 g/mol. The Kier molecular flexibility index (Phi) is 7.83. The number of allylic oxidation sites excluding steroid dienone is 6. The van der Waals surface area contributed by atoms with Crippen molar-refractivity contribution in [2.45, 2.75) is 58.8 Å². The van der Waals surface area contributed by atoms with Crippen LogP contribution in [0.5, 0.6) is 0 Å². The lowest BCUT2D eigenvalue weighted by Crippen LogP contribution is -2.27. The predicted molar refractivity (Wildman–Crippen MR) is 104 cm³/mol. The van der Waals surface area contributed by atoms with Crippen molar-refractivity contribution in [2.24, 2.45) is 0 Å². The lowest BCUT2D eigenvalue weighted by molar-refractivity contribution is 0.661. The number of hydrogen-bond donors (Lipinski definition) is 0. The highest BCUT2D eigenvalue weighted by Crippen LogP contribution is 2.27. The van der Waals surface area contributed by atoms with Crippen LogP contribution >= 0.6 is 0 Å². The maximum Gasteiger partial charge on any atom is 0.225 e. The average molecular weight is 343 g/mol. The summed E-state index contributed by atoms with van der Waals surface area (Å²) in [5.74, 6) is 0.799. The first-order valence-electron chi connectivity index (χ1n) is 9.46. The summed E-state index contributed by atoms with van der Waals surface area (Å²) in [6, 6.07) is 0. The second kappa shape index (κ2) is 10.1. The van der Waals surface area contributed by atoms with Gasteiger partial charge in [-0.25, -0.2) is 14.4 Å². The summed E-state index contributed by atoms with van der Waals surface area (Å²) in [5.41, 5.74) is 2.17. The van der Waals surface area contributed by atoms with Gasteiger partial charge in [-0.05, 0) is 42.6 Å². The Morgan fingerprint density at radius 2 is 1.68 bits per heavy atom. The molecule has 0 saturated heterocycles. The van der Waals surface area contributed by atoms with Crippen molar-refractivity contribution in [3.63, 3.8) is 0 Å². The van der Waals surface area contributed by atoms with E-state index in [-0.39, 0.29) is 11.7 Å². The average Bonchev–Trinajstić information content (AvgIpc) is 2.86. The molecule has 1 aromatic rings. The normalized spacial score (nSPS) is 15.4. The zero-order valence-corrected chi connectivity index (χ0v) is 15.7. The highest BCUT2D eigenvalue weighted by molar-refractivity contribution is 5.38. The standard InChI is InChI=1S/C21H30FN3/c1-4-6-13-25(14-7-5-2)21-23-15-19(16-24-21)17(3)18-9-8-10-20(22)12-11-18/h9-12,15-17H,4-8,13-14H2,1-3H3. The molecule has 136 valence electrons. The van der Waals surface area contributed by atoms with Crippen LogP contribution < -0.4 is 4.90 Å². The van der Waals surface area contributed by atoms with Crippen LogP contribution in [0.1, 0.15) is 64.4 Å². The lowest BCUT2D eigenvalue weighted by Gasteiger charge is -2.22. The Bertz CT molecular complexity index is 609. The predicted octanol–water partition coefficient (Wildman–Crippen LogP) is 5.73. The van der Waals surface area contributed by atoms with Crippen molar-refractivity contribution in [2.75, 3.05) is 18.0 Å². The smallest absolute Gasteiger partial charge is 0.225 e.